The Hall–Kier alpha value is -2.70. The lowest BCUT2D eigenvalue weighted by Gasteiger charge is -2.19. The van der Waals surface area contributed by atoms with Crippen LogP contribution >= 0.6 is 0 Å². The van der Waals surface area contributed by atoms with Crippen LogP contribution in [0.15, 0.2) is 36.0 Å². The standard InChI is InChI=1S/C16H18N2O5/c1-16(2)8-13(17(10-16)9-15(20)21)7-14(19)11-3-5-12(6-4-11)18(22)23/h3-7H,8-10H2,1-2H3,(H,20,21)/b13-7-. The number of hydrogen-bond acceptors (Lipinski definition) is 5. The lowest BCUT2D eigenvalue weighted by Crippen LogP contribution is -2.28. The average Bonchev–Trinajstić information content (AvgIpc) is 2.72. The first-order valence-corrected chi connectivity index (χ1v) is 7.14. The molecule has 1 N–H and O–H groups in total. The number of non-ortho nitro benzene ring substituents is 1. The van der Waals surface area contributed by atoms with E-state index in [2.05, 4.69) is 0 Å². The minimum absolute atomic E-state index is 0.0799. The van der Waals surface area contributed by atoms with E-state index in [0.29, 0.717) is 24.2 Å². The zero-order valence-electron chi connectivity index (χ0n) is 13.0. The van der Waals surface area contributed by atoms with Crippen molar-refractivity contribution in [1.82, 2.24) is 4.90 Å². The second-order valence-electron chi connectivity index (χ2n) is 6.39. The third-order valence-electron chi connectivity index (χ3n) is 3.67. The summed E-state index contributed by atoms with van der Waals surface area (Å²) in [5.41, 5.74) is 0.837. The van der Waals surface area contributed by atoms with Crippen LogP contribution in [-0.4, -0.2) is 39.8 Å². The third kappa shape index (κ3) is 4.15. The summed E-state index contributed by atoms with van der Waals surface area (Å²) >= 11 is 0. The molecule has 0 spiro atoms. The maximum absolute atomic E-state index is 12.3. The molecule has 1 aliphatic rings. The van der Waals surface area contributed by atoms with Gasteiger partial charge in [-0.25, -0.2) is 0 Å². The zero-order chi connectivity index (χ0) is 17.2. The van der Waals surface area contributed by atoms with Crippen molar-refractivity contribution in [3.63, 3.8) is 0 Å². The van der Waals surface area contributed by atoms with Gasteiger partial charge >= 0.3 is 5.97 Å². The summed E-state index contributed by atoms with van der Waals surface area (Å²) in [5, 5.41) is 19.6. The zero-order valence-corrected chi connectivity index (χ0v) is 13.0. The number of carboxylic acid groups (broad SMARTS) is 1. The highest BCUT2D eigenvalue weighted by atomic mass is 16.6. The van der Waals surface area contributed by atoms with Crippen molar-refractivity contribution < 1.29 is 19.6 Å². The van der Waals surface area contributed by atoms with E-state index in [1.165, 1.54) is 30.3 Å². The minimum atomic E-state index is -0.948. The number of nitrogens with zero attached hydrogens (tertiary/aromatic N) is 2. The molecule has 0 bridgehead atoms. The van der Waals surface area contributed by atoms with Gasteiger partial charge in [0.15, 0.2) is 5.78 Å². The van der Waals surface area contributed by atoms with Crippen molar-refractivity contribution in [3.05, 3.63) is 51.7 Å². The molecule has 1 fully saturated rings. The molecule has 7 heteroatoms. The van der Waals surface area contributed by atoms with E-state index in [1.54, 1.807) is 4.90 Å². The Balaban J connectivity index is 2.22. The number of allylic oxidation sites excluding steroid dienone is 2. The van der Waals surface area contributed by atoms with Crippen LogP contribution in [-0.2, 0) is 4.79 Å². The lowest BCUT2D eigenvalue weighted by atomic mass is 9.92. The summed E-state index contributed by atoms with van der Waals surface area (Å²) in [5.74, 6) is -1.24. The highest BCUT2D eigenvalue weighted by Crippen LogP contribution is 2.36. The molecule has 0 saturated carbocycles. The molecule has 2 rings (SSSR count). The number of rotatable bonds is 5. The quantitative estimate of drug-likeness (QED) is 0.387. The second-order valence-corrected chi connectivity index (χ2v) is 6.39. The van der Waals surface area contributed by atoms with Gasteiger partial charge in [0.05, 0.1) is 4.92 Å². The van der Waals surface area contributed by atoms with Crippen LogP contribution in [0.2, 0.25) is 0 Å². The minimum Gasteiger partial charge on any atom is -0.480 e. The molecular formula is C16H18N2O5. The van der Waals surface area contributed by atoms with Crippen molar-refractivity contribution in [3.8, 4) is 0 Å². The molecule has 0 aromatic heterocycles. The Bertz CT molecular complexity index is 676. The number of carbonyl (C=O) groups is 2. The van der Waals surface area contributed by atoms with Crippen LogP contribution in [0.4, 0.5) is 5.69 Å². The van der Waals surface area contributed by atoms with E-state index in [0.717, 1.165) is 0 Å². The fourth-order valence-corrected chi connectivity index (χ4v) is 2.72. The predicted octanol–water partition coefficient (Wildman–Crippen LogP) is 2.48. The van der Waals surface area contributed by atoms with Gasteiger partial charge < -0.3 is 10.0 Å². The molecular weight excluding hydrogens is 300 g/mol. The van der Waals surface area contributed by atoms with E-state index in [-0.39, 0.29) is 23.4 Å². The molecule has 7 nitrogen and oxygen atoms in total. The third-order valence-corrected chi connectivity index (χ3v) is 3.67. The number of nitro groups is 1. The van der Waals surface area contributed by atoms with E-state index in [4.69, 9.17) is 5.11 Å². The first-order valence-electron chi connectivity index (χ1n) is 7.14. The molecule has 1 saturated heterocycles. The van der Waals surface area contributed by atoms with E-state index >= 15 is 0 Å². The van der Waals surface area contributed by atoms with Gasteiger partial charge in [-0.2, -0.15) is 0 Å². The Morgan fingerprint density at radius 2 is 1.96 bits per heavy atom. The molecule has 0 unspecified atom stereocenters. The molecule has 0 amide bonds. The summed E-state index contributed by atoms with van der Waals surface area (Å²) in [6.07, 6.45) is 2.04. The van der Waals surface area contributed by atoms with Crippen molar-refractivity contribution in [2.24, 2.45) is 5.41 Å². The summed E-state index contributed by atoms with van der Waals surface area (Å²) in [7, 11) is 0. The van der Waals surface area contributed by atoms with Gasteiger partial charge in [-0.05, 0) is 24.0 Å². The summed E-state index contributed by atoms with van der Waals surface area (Å²) in [6, 6.07) is 5.36. The molecule has 1 aliphatic heterocycles. The SMILES string of the molecule is CC1(C)C/C(=C/C(=O)c2ccc([N+](=O)[O-])cc2)N(CC(=O)O)C1. The van der Waals surface area contributed by atoms with Crippen LogP contribution in [0.3, 0.4) is 0 Å². The highest BCUT2D eigenvalue weighted by Gasteiger charge is 2.34. The maximum atomic E-state index is 12.3. The van der Waals surface area contributed by atoms with Gasteiger partial charge in [0.1, 0.15) is 6.54 Å². The van der Waals surface area contributed by atoms with Crippen molar-refractivity contribution in [2.75, 3.05) is 13.1 Å². The maximum Gasteiger partial charge on any atom is 0.323 e. The van der Waals surface area contributed by atoms with Crippen LogP contribution in [0.1, 0.15) is 30.6 Å². The molecule has 1 heterocycles. The first kappa shape index (κ1) is 16.7. The van der Waals surface area contributed by atoms with Crippen LogP contribution in [0, 0.1) is 15.5 Å². The number of carboxylic acids is 1. The molecule has 23 heavy (non-hydrogen) atoms. The first-order chi connectivity index (χ1) is 10.7. The normalized spacial score (nSPS) is 18.2. The largest absolute Gasteiger partial charge is 0.480 e. The topological polar surface area (TPSA) is 101 Å². The fourth-order valence-electron chi connectivity index (χ4n) is 2.72. The van der Waals surface area contributed by atoms with Gasteiger partial charge in [0, 0.05) is 36.0 Å². The number of hydrogen-bond donors (Lipinski definition) is 1. The fraction of sp³-hybridized carbons (Fsp3) is 0.375. The number of benzene rings is 1. The van der Waals surface area contributed by atoms with Crippen LogP contribution in [0.5, 0.6) is 0 Å². The van der Waals surface area contributed by atoms with Crippen LogP contribution < -0.4 is 0 Å². The van der Waals surface area contributed by atoms with Crippen molar-refractivity contribution in [2.45, 2.75) is 20.3 Å². The number of carbonyl (C=O) groups excluding carboxylic acids is 1. The molecule has 122 valence electrons. The number of ketones is 1. The Morgan fingerprint density at radius 1 is 1.35 bits per heavy atom. The Kier molecular flexibility index (Phi) is 4.49. The van der Waals surface area contributed by atoms with Gasteiger partial charge in [-0.15, -0.1) is 0 Å². The van der Waals surface area contributed by atoms with Gasteiger partial charge in [-0.1, -0.05) is 13.8 Å². The molecule has 0 radical (unpaired) electrons. The summed E-state index contributed by atoms with van der Waals surface area (Å²) in [4.78, 5) is 35.0. The van der Waals surface area contributed by atoms with Crippen LogP contribution in [0.25, 0.3) is 0 Å². The van der Waals surface area contributed by atoms with E-state index in [1.807, 2.05) is 13.8 Å². The van der Waals surface area contributed by atoms with Gasteiger partial charge in [0.25, 0.3) is 5.69 Å². The molecule has 0 aliphatic carbocycles. The highest BCUT2D eigenvalue weighted by molar-refractivity contribution is 6.05. The van der Waals surface area contributed by atoms with Gasteiger partial charge in [0.2, 0.25) is 0 Å². The Morgan fingerprint density at radius 3 is 2.48 bits per heavy atom. The molecule has 1 aromatic rings. The second kappa shape index (κ2) is 6.20. The smallest absolute Gasteiger partial charge is 0.323 e. The summed E-state index contributed by atoms with van der Waals surface area (Å²) in [6.45, 7) is 4.44. The number of aliphatic carboxylic acids is 1. The number of nitro benzene ring substituents is 1. The monoisotopic (exact) mass is 318 g/mol. The number of likely N-dealkylation sites (tertiary alicyclic amines) is 1. The van der Waals surface area contributed by atoms with Crippen molar-refractivity contribution in [1.29, 1.82) is 0 Å². The van der Waals surface area contributed by atoms with Crippen molar-refractivity contribution >= 4 is 17.4 Å². The Labute approximate surface area is 133 Å². The average molecular weight is 318 g/mol. The molecule has 1 aromatic carbocycles. The van der Waals surface area contributed by atoms with E-state index < -0.39 is 10.9 Å². The predicted molar refractivity (Wildman–Crippen MR) is 83.1 cm³/mol. The summed E-state index contributed by atoms with van der Waals surface area (Å²) < 4.78 is 0. The van der Waals surface area contributed by atoms with Gasteiger partial charge in [-0.3, -0.25) is 19.7 Å². The van der Waals surface area contributed by atoms with E-state index in [9.17, 15) is 19.7 Å². The molecule has 0 atom stereocenters. The lowest BCUT2D eigenvalue weighted by molar-refractivity contribution is -0.384.